The molecular weight excluding hydrogens is 240 g/mol. The first-order chi connectivity index (χ1) is 8.24. The fourth-order valence-electron chi connectivity index (χ4n) is 1.65. The third kappa shape index (κ3) is 2.61. The van der Waals surface area contributed by atoms with Crippen LogP contribution in [-0.4, -0.2) is 7.11 Å². The lowest BCUT2D eigenvalue weighted by Gasteiger charge is -2.14. The highest BCUT2D eigenvalue weighted by atomic mass is 35.5. The quantitative estimate of drug-likeness (QED) is 0.648. The van der Waals surface area contributed by atoms with Crippen molar-refractivity contribution in [1.82, 2.24) is 5.43 Å². The van der Waals surface area contributed by atoms with E-state index in [1.165, 1.54) is 0 Å². The number of rotatable bonds is 4. The van der Waals surface area contributed by atoms with Crippen molar-refractivity contribution in [2.75, 3.05) is 7.11 Å². The third-order valence-electron chi connectivity index (χ3n) is 2.47. The summed E-state index contributed by atoms with van der Waals surface area (Å²) in [6.07, 6.45) is 0. The number of furan rings is 1. The number of hydrazine groups is 1. The molecule has 17 heavy (non-hydrogen) atoms. The van der Waals surface area contributed by atoms with Crippen molar-refractivity contribution < 1.29 is 9.15 Å². The molecule has 0 fully saturated rings. The monoisotopic (exact) mass is 252 g/mol. The molecule has 0 radical (unpaired) electrons. The maximum atomic E-state index is 5.75. The van der Waals surface area contributed by atoms with E-state index < -0.39 is 0 Å². The van der Waals surface area contributed by atoms with Gasteiger partial charge in [0.15, 0.2) is 5.22 Å². The van der Waals surface area contributed by atoms with Crippen LogP contribution in [0.5, 0.6) is 5.75 Å². The Balaban J connectivity index is 2.34. The van der Waals surface area contributed by atoms with Gasteiger partial charge >= 0.3 is 0 Å². The van der Waals surface area contributed by atoms with Crippen LogP contribution in [-0.2, 0) is 0 Å². The molecule has 1 aromatic heterocycles. The van der Waals surface area contributed by atoms with E-state index in [9.17, 15) is 0 Å². The van der Waals surface area contributed by atoms with Crippen molar-refractivity contribution in [3.63, 3.8) is 0 Å². The van der Waals surface area contributed by atoms with Crippen LogP contribution in [0.25, 0.3) is 0 Å². The standard InChI is InChI=1S/C12H13ClN2O2/c1-16-9-4-2-3-8(7-9)12(15-14)10-5-6-11(13)17-10/h2-7,12,15H,14H2,1H3. The van der Waals surface area contributed by atoms with E-state index >= 15 is 0 Å². The van der Waals surface area contributed by atoms with Gasteiger partial charge < -0.3 is 9.15 Å². The largest absolute Gasteiger partial charge is 0.497 e. The van der Waals surface area contributed by atoms with Crippen LogP contribution in [0.3, 0.4) is 0 Å². The van der Waals surface area contributed by atoms with Crippen LogP contribution in [0.2, 0.25) is 5.22 Å². The minimum absolute atomic E-state index is 0.252. The second kappa shape index (κ2) is 5.23. The average Bonchev–Trinajstić information content (AvgIpc) is 2.77. The first-order valence-corrected chi connectivity index (χ1v) is 5.47. The molecule has 1 heterocycles. The van der Waals surface area contributed by atoms with Gasteiger partial charge in [0.1, 0.15) is 17.6 Å². The molecule has 1 aromatic carbocycles. The minimum Gasteiger partial charge on any atom is -0.497 e. The van der Waals surface area contributed by atoms with Crippen LogP contribution < -0.4 is 16.0 Å². The topological polar surface area (TPSA) is 60.4 Å². The molecule has 3 N–H and O–H groups in total. The maximum Gasteiger partial charge on any atom is 0.193 e. The lowest BCUT2D eigenvalue weighted by atomic mass is 10.1. The lowest BCUT2D eigenvalue weighted by molar-refractivity contribution is 0.411. The summed E-state index contributed by atoms with van der Waals surface area (Å²) in [5.41, 5.74) is 3.63. The minimum atomic E-state index is -0.252. The molecule has 0 amide bonds. The number of nitrogens with two attached hydrogens (primary N) is 1. The number of hydrogen-bond acceptors (Lipinski definition) is 4. The fourth-order valence-corrected chi connectivity index (χ4v) is 1.80. The van der Waals surface area contributed by atoms with Gasteiger partial charge in [-0.25, -0.2) is 5.43 Å². The Hall–Kier alpha value is -1.49. The molecule has 0 aliphatic heterocycles. The molecule has 90 valence electrons. The van der Waals surface area contributed by atoms with Gasteiger partial charge in [-0.2, -0.15) is 0 Å². The summed E-state index contributed by atoms with van der Waals surface area (Å²) >= 11 is 5.75. The zero-order chi connectivity index (χ0) is 12.3. The van der Waals surface area contributed by atoms with E-state index in [-0.39, 0.29) is 6.04 Å². The summed E-state index contributed by atoms with van der Waals surface area (Å²) < 4.78 is 10.5. The predicted molar refractivity (Wildman–Crippen MR) is 65.9 cm³/mol. The van der Waals surface area contributed by atoms with Crippen molar-refractivity contribution in [2.24, 2.45) is 5.84 Å². The van der Waals surface area contributed by atoms with E-state index in [0.717, 1.165) is 11.3 Å². The van der Waals surface area contributed by atoms with Crippen molar-refractivity contribution in [3.05, 3.63) is 52.9 Å². The Morgan fingerprint density at radius 2 is 2.18 bits per heavy atom. The number of halogens is 1. The van der Waals surface area contributed by atoms with E-state index in [2.05, 4.69) is 5.43 Å². The van der Waals surface area contributed by atoms with Crippen LogP contribution in [0.4, 0.5) is 0 Å². The molecule has 2 rings (SSSR count). The summed E-state index contributed by atoms with van der Waals surface area (Å²) in [5, 5.41) is 0.336. The zero-order valence-corrected chi connectivity index (χ0v) is 10.1. The summed E-state index contributed by atoms with van der Waals surface area (Å²) in [6, 6.07) is 10.8. The second-order valence-electron chi connectivity index (χ2n) is 3.52. The molecule has 4 nitrogen and oxygen atoms in total. The Morgan fingerprint density at radius 3 is 2.76 bits per heavy atom. The maximum absolute atomic E-state index is 5.75. The normalized spacial score (nSPS) is 12.4. The van der Waals surface area contributed by atoms with Crippen LogP contribution in [0, 0.1) is 0 Å². The zero-order valence-electron chi connectivity index (χ0n) is 9.31. The van der Waals surface area contributed by atoms with Gasteiger partial charge in [0.05, 0.1) is 7.11 Å². The fraction of sp³-hybridized carbons (Fsp3) is 0.167. The van der Waals surface area contributed by atoms with Crippen molar-refractivity contribution in [3.8, 4) is 5.75 Å². The van der Waals surface area contributed by atoms with E-state index in [4.69, 9.17) is 26.6 Å². The van der Waals surface area contributed by atoms with Crippen molar-refractivity contribution in [1.29, 1.82) is 0 Å². The van der Waals surface area contributed by atoms with E-state index in [1.54, 1.807) is 19.2 Å². The number of hydrogen-bond donors (Lipinski definition) is 2. The van der Waals surface area contributed by atoms with Crippen LogP contribution in [0.1, 0.15) is 17.4 Å². The Labute approximate surface area is 104 Å². The van der Waals surface area contributed by atoms with Crippen LogP contribution in [0.15, 0.2) is 40.8 Å². The first kappa shape index (κ1) is 12.0. The highest BCUT2D eigenvalue weighted by Gasteiger charge is 2.16. The number of benzene rings is 1. The molecule has 5 heteroatoms. The first-order valence-electron chi connectivity index (χ1n) is 5.10. The summed E-state index contributed by atoms with van der Waals surface area (Å²) in [7, 11) is 1.62. The second-order valence-corrected chi connectivity index (χ2v) is 3.89. The lowest BCUT2D eigenvalue weighted by Crippen LogP contribution is -2.28. The highest BCUT2D eigenvalue weighted by molar-refractivity contribution is 6.28. The number of nitrogens with one attached hydrogen (secondary N) is 1. The summed E-state index contributed by atoms with van der Waals surface area (Å²) in [5.74, 6) is 6.97. The molecular formula is C12H13ClN2O2. The molecule has 0 spiro atoms. The Kier molecular flexibility index (Phi) is 3.68. The molecule has 0 bridgehead atoms. The molecule has 1 unspecified atom stereocenters. The van der Waals surface area contributed by atoms with Crippen molar-refractivity contribution >= 4 is 11.6 Å². The Bertz CT molecular complexity index is 499. The van der Waals surface area contributed by atoms with Crippen LogP contribution >= 0.6 is 11.6 Å². The molecule has 0 aliphatic carbocycles. The molecule has 0 aliphatic rings. The summed E-state index contributed by atoms with van der Waals surface area (Å²) in [4.78, 5) is 0. The summed E-state index contributed by atoms with van der Waals surface area (Å²) in [6.45, 7) is 0. The molecule has 2 aromatic rings. The molecule has 0 saturated heterocycles. The smallest absolute Gasteiger partial charge is 0.193 e. The SMILES string of the molecule is COc1cccc(C(NN)c2ccc(Cl)o2)c1. The van der Waals surface area contributed by atoms with Gasteiger partial charge in [-0.15, -0.1) is 0 Å². The predicted octanol–water partition coefficient (Wildman–Crippen LogP) is 2.49. The number of methoxy groups -OCH3 is 1. The third-order valence-corrected chi connectivity index (χ3v) is 2.68. The van der Waals surface area contributed by atoms with E-state index in [1.807, 2.05) is 24.3 Å². The Morgan fingerprint density at radius 1 is 1.35 bits per heavy atom. The van der Waals surface area contributed by atoms with Crippen molar-refractivity contribution in [2.45, 2.75) is 6.04 Å². The van der Waals surface area contributed by atoms with Gasteiger partial charge in [0.25, 0.3) is 0 Å². The van der Waals surface area contributed by atoms with Gasteiger partial charge in [-0.05, 0) is 41.4 Å². The molecule has 0 saturated carbocycles. The molecule has 1 atom stereocenters. The van der Waals surface area contributed by atoms with Gasteiger partial charge in [-0.3, -0.25) is 5.84 Å². The van der Waals surface area contributed by atoms with Gasteiger partial charge in [0, 0.05) is 0 Å². The number of ether oxygens (including phenoxy) is 1. The highest BCUT2D eigenvalue weighted by Crippen LogP contribution is 2.27. The van der Waals surface area contributed by atoms with Gasteiger partial charge in [-0.1, -0.05) is 12.1 Å². The van der Waals surface area contributed by atoms with E-state index in [0.29, 0.717) is 11.0 Å². The van der Waals surface area contributed by atoms with Gasteiger partial charge in [0.2, 0.25) is 0 Å². The average molecular weight is 253 g/mol.